The average Bonchev–Trinajstić information content (AvgIpc) is 2.88. The first-order valence-electron chi connectivity index (χ1n) is 6.81. The second-order valence-corrected chi connectivity index (χ2v) is 5.16. The van der Waals surface area contributed by atoms with Crippen molar-refractivity contribution in [3.05, 3.63) is 11.6 Å². The van der Waals surface area contributed by atoms with Crippen LogP contribution in [0, 0.1) is 5.92 Å². The second kappa shape index (κ2) is 5.69. The summed E-state index contributed by atoms with van der Waals surface area (Å²) in [6.45, 7) is 3.55. The summed E-state index contributed by atoms with van der Waals surface area (Å²) in [5, 5.41) is 3.77. The minimum absolute atomic E-state index is 0.831. The van der Waals surface area contributed by atoms with Gasteiger partial charge in [-0.25, -0.2) is 0 Å². The number of rotatable bonds is 5. The van der Waals surface area contributed by atoms with Gasteiger partial charge in [-0.15, -0.1) is 0 Å². The van der Waals surface area contributed by atoms with Crippen LogP contribution in [0.1, 0.15) is 58.3 Å². The van der Waals surface area contributed by atoms with Crippen LogP contribution in [-0.2, 0) is 0 Å². The third-order valence-electron chi connectivity index (χ3n) is 4.17. The van der Waals surface area contributed by atoms with E-state index in [1.807, 2.05) is 0 Å². The minimum Gasteiger partial charge on any atom is -0.313 e. The lowest BCUT2D eigenvalue weighted by Crippen LogP contribution is -2.32. The van der Waals surface area contributed by atoms with E-state index in [2.05, 4.69) is 18.3 Å². The molecule has 15 heavy (non-hydrogen) atoms. The van der Waals surface area contributed by atoms with Gasteiger partial charge in [0.05, 0.1) is 0 Å². The Kier molecular flexibility index (Phi) is 4.25. The first kappa shape index (κ1) is 11.2. The number of nitrogens with one attached hydrogen (secondary N) is 1. The summed E-state index contributed by atoms with van der Waals surface area (Å²) in [6.07, 6.45) is 13.5. The number of allylic oxidation sites excluding steroid dienone is 1. The van der Waals surface area contributed by atoms with Gasteiger partial charge in [-0.3, -0.25) is 0 Å². The molecule has 1 heteroatoms. The molecule has 2 aliphatic carbocycles. The van der Waals surface area contributed by atoms with Crippen LogP contribution in [0.25, 0.3) is 0 Å². The lowest BCUT2D eigenvalue weighted by atomic mass is 10.0. The van der Waals surface area contributed by atoms with E-state index in [1.165, 1.54) is 57.9 Å². The molecular weight excluding hydrogens is 182 g/mol. The monoisotopic (exact) mass is 207 g/mol. The van der Waals surface area contributed by atoms with Crippen molar-refractivity contribution in [2.45, 2.75) is 64.3 Å². The molecule has 0 spiro atoms. The average molecular weight is 207 g/mol. The van der Waals surface area contributed by atoms with E-state index in [9.17, 15) is 0 Å². The highest BCUT2D eigenvalue weighted by atomic mass is 14.9. The predicted octanol–water partition coefficient (Wildman–Crippen LogP) is 3.66. The smallest absolute Gasteiger partial charge is 0.00953 e. The molecule has 0 amide bonds. The van der Waals surface area contributed by atoms with Gasteiger partial charge in [0.25, 0.3) is 0 Å². The molecule has 1 N–H and O–H groups in total. The van der Waals surface area contributed by atoms with Crippen molar-refractivity contribution in [2.75, 3.05) is 6.54 Å². The largest absolute Gasteiger partial charge is 0.313 e. The Morgan fingerprint density at radius 1 is 1.33 bits per heavy atom. The fourth-order valence-corrected chi connectivity index (χ4v) is 3.18. The summed E-state index contributed by atoms with van der Waals surface area (Å²) in [7, 11) is 0. The Hall–Kier alpha value is -0.300. The molecule has 0 aromatic carbocycles. The van der Waals surface area contributed by atoms with Gasteiger partial charge >= 0.3 is 0 Å². The van der Waals surface area contributed by atoms with E-state index in [0.29, 0.717) is 0 Å². The van der Waals surface area contributed by atoms with Crippen molar-refractivity contribution in [3.8, 4) is 0 Å². The standard InChI is InChI=1S/C14H25N/c1-2-13-8-5-9-14(13)15-11-10-12-6-3-4-7-12/h6,13-15H,2-5,7-11H2,1H3. The Balaban J connectivity index is 1.64. The van der Waals surface area contributed by atoms with Crippen molar-refractivity contribution >= 4 is 0 Å². The maximum Gasteiger partial charge on any atom is 0.00953 e. The highest BCUT2D eigenvalue weighted by Crippen LogP contribution is 2.28. The van der Waals surface area contributed by atoms with Crippen LogP contribution in [0.2, 0.25) is 0 Å². The molecule has 2 rings (SSSR count). The summed E-state index contributed by atoms with van der Waals surface area (Å²) in [5.74, 6) is 0.961. The van der Waals surface area contributed by atoms with Gasteiger partial charge in [-0.2, -0.15) is 0 Å². The van der Waals surface area contributed by atoms with Gasteiger partial charge in [0.15, 0.2) is 0 Å². The normalized spacial score (nSPS) is 30.9. The Morgan fingerprint density at radius 2 is 2.27 bits per heavy atom. The van der Waals surface area contributed by atoms with Crippen LogP contribution < -0.4 is 5.32 Å². The number of hydrogen-bond acceptors (Lipinski definition) is 1. The molecule has 0 aliphatic heterocycles. The summed E-state index contributed by atoms with van der Waals surface area (Å²) in [5.41, 5.74) is 1.70. The molecule has 1 fully saturated rings. The van der Waals surface area contributed by atoms with E-state index in [4.69, 9.17) is 0 Å². The Bertz CT molecular complexity index is 219. The van der Waals surface area contributed by atoms with E-state index >= 15 is 0 Å². The fraction of sp³-hybridized carbons (Fsp3) is 0.857. The van der Waals surface area contributed by atoms with Crippen LogP contribution in [0.4, 0.5) is 0 Å². The third kappa shape index (κ3) is 3.07. The van der Waals surface area contributed by atoms with Gasteiger partial charge in [0.2, 0.25) is 0 Å². The maximum atomic E-state index is 3.77. The Morgan fingerprint density at radius 3 is 3.00 bits per heavy atom. The molecule has 0 radical (unpaired) electrons. The lowest BCUT2D eigenvalue weighted by molar-refractivity contribution is 0.392. The minimum atomic E-state index is 0.831. The summed E-state index contributed by atoms with van der Waals surface area (Å²) >= 11 is 0. The third-order valence-corrected chi connectivity index (χ3v) is 4.17. The van der Waals surface area contributed by atoms with Gasteiger partial charge < -0.3 is 5.32 Å². The van der Waals surface area contributed by atoms with E-state index in [1.54, 1.807) is 5.57 Å². The molecule has 1 saturated carbocycles. The fourth-order valence-electron chi connectivity index (χ4n) is 3.18. The Labute approximate surface area is 94.3 Å². The van der Waals surface area contributed by atoms with Gasteiger partial charge in [-0.1, -0.05) is 31.4 Å². The zero-order valence-corrected chi connectivity index (χ0v) is 10.1. The van der Waals surface area contributed by atoms with Crippen LogP contribution in [0.3, 0.4) is 0 Å². The van der Waals surface area contributed by atoms with Crippen molar-refractivity contribution in [2.24, 2.45) is 5.92 Å². The molecule has 0 aromatic heterocycles. The van der Waals surface area contributed by atoms with Crippen molar-refractivity contribution in [3.63, 3.8) is 0 Å². The SMILES string of the molecule is CCC1CCCC1NCCC1=CCCC1. The quantitative estimate of drug-likeness (QED) is 0.678. The van der Waals surface area contributed by atoms with Gasteiger partial charge in [0, 0.05) is 6.04 Å². The van der Waals surface area contributed by atoms with Crippen molar-refractivity contribution < 1.29 is 0 Å². The van der Waals surface area contributed by atoms with Crippen molar-refractivity contribution in [1.29, 1.82) is 0 Å². The first-order valence-corrected chi connectivity index (χ1v) is 6.81. The van der Waals surface area contributed by atoms with Crippen LogP contribution in [0.15, 0.2) is 11.6 Å². The second-order valence-electron chi connectivity index (χ2n) is 5.16. The van der Waals surface area contributed by atoms with Crippen molar-refractivity contribution in [1.82, 2.24) is 5.32 Å². The molecule has 0 aromatic rings. The molecule has 86 valence electrons. The van der Waals surface area contributed by atoms with Gasteiger partial charge in [-0.05, 0) is 51.0 Å². The molecule has 0 saturated heterocycles. The first-order chi connectivity index (χ1) is 7.40. The zero-order chi connectivity index (χ0) is 10.5. The number of hydrogen-bond donors (Lipinski definition) is 1. The van der Waals surface area contributed by atoms with Crippen LogP contribution in [0.5, 0.6) is 0 Å². The van der Waals surface area contributed by atoms with Crippen LogP contribution >= 0.6 is 0 Å². The van der Waals surface area contributed by atoms with E-state index in [-0.39, 0.29) is 0 Å². The molecule has 0 heterocycles. The maximum absolute atomic E-state index is 3.77. The molecular formula is C14H25N. The molecule has 2 aliphatic rings. The van der Waals surface area contributed by atoms with E-state index in [0.717, 1.165) is 12.0 Å². The van der Waals surface area contributed by atoms with Crippen LogP contribution in [-0.4, -0.2) is 12.6 Å². The zero-order valence-electron chi connectivity index (χ0n) is 10.1. The molecule has 2 atom stereocenters. The molecule has 0 bridgehead atoms. The van der Waals surface area contributed by atoms with E-state index < -0.39 is 0 Å². The highest BCUT2D eigenvalue weighted by Gasteiger charge is 2.24. The molecule has 1 nitrogen and oxygen atoms in total. The predicted molar refractivity (Wildman–Crippen MR) is 66.0 cm³/mol. The summed E-state index contributed by atoms with van der Waals surface area (Å²) in [4.78, 5) is 0. The molecule has 2 unspecified atom stereocenters. The summed E-state index contributed by atoms with van der Waals surface area (Å²) < 4.78 is 0. The topological polar surface area (TPSA) is 12.0 Å². The van der Waals surface area contributed by atoms with Gasteiger partial charge in [0.1, 0.15) is 0 Å². The summed E-state index contributed by atoms with van der Waals surface area (Å²) in [6, 6.07) is 0.831. The lowest BCUT2D eigenvalue weighted by Gasteiger charge is -2.19. The highest BCUT2D eigenvalue weighted by molar-refractivity contribution is 5.07.